The molecule has 0 heterocycles. The SMILES string of the molecule is Cc1ccc(C)c(C(C)(O)c2cccc(Cl)c2Cl)c1. The van der Waals surface area contributed by atoms with Crippen LogP contribution in [0, 0.1) is 13.8 Å². The summed E-state index contributed by atoms with van der Waals surface area (Å²) in [5, 5.41) is 11.8. The Labute approximate surface area is 123 Å². The number of aryl methyl sites for hydroxylation is 2. The van der Waals surface area contributed by atoms with Crippen molar-refractivity contribution in [2.45, 2.75) is 26.4 Å². The monoisotopic (exact) mass is 294 g/mol. The van der Waals surface area contributed by atoms with Crippen LogP contribution in [-0.2, 0) is 5.60 Å². The normalized spacial score (nSPS) is 14.2. The first-order valence-corrected chi connectivity index (χ1v) is 6.84. The average Bonchev–Trinajstić information content (AvgIpc) is 2.35. The summed E-state index contributed by atoms with van der Waals surface area (Å²) in [6, 6.07) is 11.3. The molecule has 0 radical (unpaired) electrons. The number of rotatable bonds is 2. The molecule has 2 aromatic rings. The molecule has 3 heteroatoms. The van der Waals surface area contributed by atoms with Crippen molar-refractivity contribution in [1.82, 2.24) is 0 Å². The van der Waals surface area contributed by atoms with Crippen molar-refractivity contribution < 1.29 is 5.11 Å². The fourth-order valence-electron chi connectivity index (χ4n) is 2.29. The first-order valence-electron chi connectivity index (χ1n) is 6.08. The summed E-state index contributed by atoms with van der Waals surface area (Å²) in [5.41, 5.74) is 2.41. The van der Waals surface area contributed by atoms with Gasteiger partial charge in [0, 0.05) is 5.56 Å². The second kappa shape index (κ2) is 5.16. The molecule has 0 aliphatic carbocycles. The van der Waals surface area contributed by atoms with Gasteiger partial charge in [-0.15, -0.1) is 0 Å². The van der Waals surface area contributed by atoms with Crippen LogP contribution in [0.4, 0.5) is 0 Å². The molecular formula is C16H16Cl2O. The standard InChI is InChI=1S/C16H16Cl2O/c1-10-7-8-11(2)13(9-10)16(3,19)12-5-4-6-14(17)15(12)18/h4-9,19H,1-3H3. The minimum absolute atomic E-state index is 0.398. The van der Waals surface area contributed by atoms with Crippen molar-refractivity contribution in [3.8, 4) is 0 Å². The van der Waals surface area contributed by atoms with Gasteiger partial charge in [-0.3, -0.25) is 0 Å². The van der Waals surface area contributed by atoms with Gasteiger partial charge in [-0.2, -0.15) is 0 Å². The molecule has 19 heavy (non-hydrogen) atoms. The molecular weight excluding hydrogens is 279 g/mol. The lowest BCUT2D eigenvalue weighted by molar-refractivity contribution is 0.102. The summed E-state index contributed by atoms with van der Waals surface area (Å²) in [6.07, 6.45) is 0. The lowest BCUT2D eigenvalue weighted by atomic mass is 9.85. The van der Waals surface area contributed by atoms with Gasteiger partial charge in [-0.05, 0) is 38.0 Å². The van der Waals surface area contributed by atoms with E-state index in [1.54, 1.807) is 25.1 Å². The van der Waals surface area contributed by atoms with Gasteiger partial charge in [0.25, 0.3) is 0 Å². The van der Waals surface area contributed by atoms with Gasteiger partial charge in [0.05, 0.1) is 10.0 Å². The summed E-state index contributed by atoms with van der Waals surface area (Å²) in [7, 11) is 0. The van der Waals surface area contributed by atoms with Crippen LogP contribution in [0.1, 0.15) is 29.2 Å². The Morgan fingerprint density at radius 3 is 2.37 bits per heavy atom. The molecule has 0 spiro atoms. The molecule has 1 nitrogen and oxygen atoms in total. The highest BCUT2D eigenvalue weighted by atomic mass is 35.5. The van der Waals surface area contributed by atoms with Crippen LogP contribution in [0.2, 0.25) is 10.0 Å². The average molecular weight is 295 g/mol. The molecule has 0 saturated heterocycles. The van der Waals surface area contributed by atoms with Gasteiger partial charge >= 0.3 is 0 Å². The van der Waals surface area contributed by atoms with Crippen molar-refractivity contribution in [2.75, 3.05) is 0 Å². The number of aliphatic hydroxyl groups is 1. The van der Waals surface area contributed by atoms with E-state index < -0.39 is 5.60 Å². The second-order valence-corrected chi connectivity index (χ2v) is 5.78. The Morgan fingerprint density at radius 2 is 1.68 bits per heavy atom. The third-order valence-electron chi connectivity index (χ3n) is 3.39. The minimum Gasteiger partial charge on any atom is -0.381 e. The Hall–Kier alpha value is -1.02. The van der Waals surface area contributed by atoms with Crippen LogP contribution < -0.4 is 0 Å². The van der Waals surface area contributed by atoms with E-state index in [2.05, 4.69) is 0 Å². The van der Waals surface area contributed by atoms with E-state index in [-0.39, 0.29) is 0 Å². The molecule has 0 aromatic heterocycles. The number of benzene rings is 2. The maximum absolute atomic E-state index is 10.9. The van der Waals surface area contributed by atoms with Gasteiger partial charge in [-0.25, -0.2) is 0 Å². The Morgan fingerprint density at radius 1 is 1.00 bits per heavy atom. The summed E-state index contributed by atoms with van der Waals surface area (Å²) in [5.74, 6) is 0. The van der Waals surface area contributed by atoms with Crippen molar-refractivity contribution in [1.29, 1.82) is 0 Å². The van der Waals surface area contributed by atoms with Crippen LogP contribution in [0.5, 0.6) is 0 Å². The highest BCUT2D eigenvalue weighted by molar-refractivity contribution is 6.42. The molecule has 2 rings (SSSR count). The fourth-order valence-corrected chi connectivity index (χ4v) is 2.77. The lowest BCUT2D eigenvalue weighted by Crippen LogP contribution is -2.24. The van der Waals surface area contributed by atoms with Crippen LogP contribution in [-0.4, -0.2) is 5.11 Å². The predicted octanol–water partition coefficient (Wildman–Crippen LogP) is 4.87. The molecule has 1 N–H and O–H groups in total. The quantitative estimate of drug-likeness (QED) is 0.838. The molecule has 1 unspecified atom stereocenters. The minimum atomic E-state index is -1.17. The summed E-state index contributed by atoms with van der Waals surface area (Å²) < 4.78 is 0. The van der Waals surface area contributed by atoms with Crippen LogP contribution in [0.25, 0.3) is 0 Å². The first kappa shape index (κ1) is 14.4. The van der Waals surface area contributed by atoms with E-state index in [1.165, 1.54) is 0 Å². The largest absolute Gasteiger partial charge is 0.381 e. The van der Waals surface area contributed by atoms with Crippen molar-refractivity contribution in [2.24, 2.45) is 0 Å². The molecule has 0 fully saturated rings. The van der Waals surface area contributed by atoms with E-state index in [1.807, 2.05) is 32.0 Å². The maximum atomic E-state index is 10.9. The molecule has 0 amide bonds. The van der Waals surface area contributed by atoms with E-state index in [0.717, 1.165) is 16.7 Å². The third-order valence-corrected chi connectivity index (χ3v) is 4.21. The maximum Gasteiger partial charge on any atom is 0.114 e. The zero-order valence-electron chi connectivity index (χ0n) is 11.2. The fraction of sp³-hybridized carbons (Fsp3) is 0.250. The molecule has 0 aliphatic heterocycles. The Kier molecular flexibility index (Phi) is 3.91. The smallest absolute Gasteiger partial charge is 0.114 e. The zero-order chi connectivity index (χ0) is 14.2. The van der Waals surface area contributed by atoms with Crippen LogP contribution >= 0.6 is 23.2 Å². The molecule has 1 atom stereocenters. The van der Waals surface area contributed by atoms with Crippen molar-refractivity contribution >= 4 is 23.2 Å². The predicted molar refractivity (Wildman–Crippen MR) is 81.1 cm³/mol. The Balaban J connectivity index is 2.65. The number of hydrogen-bond acceptors (Lipinski definition) is 1. The Bertz CT molecular complexity index is 614. The number of hydrogen-bond donors (Lipinski definition) is 1. The van der Waals surface area contributed by atoms with Crippen LogP contribution in [0.3, 0.4) is 0 Å². The van der Waals surface area contributed by atoms with Crippen LogP contribution in [0.15, 0.2) is 36.4 Å². The summed E-state index contributed by atoms with van der Waals surface area (Å²) in [4.78, 5) is 0. The van der Waals surface area contributed by atoms with Gasteiger partial charge in [-0.1, -0.05) is 59.1 Å². The van der Waals surface area contributed by atoms with E-state index in [4.69, 9.17) is 23.2 Å². The lowest BCUT2D eigenvalue weighted by Gasteiger charge is -2.28. The van der Waals surface area contributed by atoms with Crippen molar-refractivity contribution in [3.63, 3.8) is 0 Å². The molecule has 0 aliphatic rings. The van der Waals surface area contributed by atoms with Gasteiger partial charge in [0.2, 0.25) is 0 Å². The molecule has 0 bridgehead atoms. The van der Waals surface area contributed by atoms with E-state index in [9.17, 15) is 5.11 Å². The topological polar surface area (TPSA) is 20.2 Å². The number of halogens is 2. The second-order valence-electron chi connectivity index (χ2n) is 4.99. The third kappa shape index (κ3) is 2.64. The van der Waals surface area contributed by atoms with E-state index in [0.29, 0.717) is 15.6 Å². The molecule has 0 saturated carbocycles. The van der Waals surface area contributed by atoms with E-state index >= 15 is 0 Å². The van der Waals surface area contributed by atoms with Gasteiger partial charge in [0.15, 0.2) is 0 Å². The van der Waals surface area contributed by atoms with Gasteiger partial charge in [0.1, 0.15) is 5.60 Å². The van der Waals surface area contributed by atoms with Crippen molar-refractivity contribution in [3.05, 3.63) is 68.7 Å². The zero-order valence-corrected chi connectivity index (χ0v) is 12.7. The summed E-state index contributed by atoms with van der Waals surface area (Å²) in [6.45, 7) is 5.71. The summed E-state index contributed by atoms with van der Waals surface area (Å²) >= 11 is 12.3. The van der Waals surface area contributed by atoms with Gasteiger partial charge < -0.3 is 5.11 Å². The first-order chi connectivity index (χ1) is 8.84. The molecule has 100 valence electrons. The highest BCUT2D eigenvalue weighted by Gasteiger charge is 2.30. The highest BCUT2D eigenvalue weighted by Crippen LogP contribution is 2.38. The molecule has 2 aromatic carbocycles.